The van der Waals surface area contributed by atoms with Gasteiger partial charge in [-0.3, -0.25) is 0 Å². The number of aliphatic hydroxyl groups is 1. The van der Waals surface area contributed by atoms with Crippen LogP contribution in [-0.4, -0.2) is 24.2 Å². The zero-order valence-electron chi connectivity index (χ0n) is 4.81. The van der Waals surface area contributed by atoms with E-state index in [9.17, 15) is 13.0 Å². The van der Waals surface area contributed by atoms with Crippen molar-refractivity contribution >= 4 is 10.1 Å². The van der Waals surface area contributed by atoms with Crippen LogP contribution in [0.5, 0.6) is 0 Å². The third-order valence-electron chi connectivity index (χ3n) is 0.524. The molecule has 0 spiro atoms. The number of hydrogen-bond donors (Lipinski definition) is 1. The molecule has 54 valence electrons. The summed E-state index contributed by atoms with van der Waals surface area (Å²) in [4.78, 5) is 0. The first-order chi connectivity index (χ1) is 3.92. The Hall–Kier alpha value is -0.390. The second kappa shape index (κ2) is 2.95. The molecule has 0 bridgehead atoms. The molecular weight excluding hydrogens is 144 g/mol. The van der Waals surface area contributed by atoms with Crippen LogP contribution in [-0.2, 0) is 10.1 Å². The lowest BCUT2D eigenvalue weighted by Crippen LogP contribution is -1.96. The summed E-state index contributed by atoms with van der Waals surface area (Å²) in [7, 11) is -4.31. The normalized spacial score (nSPS) is 16.3. The van der Waals surface area contributed by atoms with Gasteiger partial charge >= 0.3 is 0 Å². The minimum absolute atomic E-state index is 0.428. The summed E-state index contributed by atoms with van der Waals surface area (Å²) in [5.41, 5.74) is 0. The highest BCUT2D eigenvalue weighted by Gasteiger charge is 1.87. The molecule has 0 aliphatic carbocycles. The molecule has 0 aliphatic heterocycles. The van der Waals surface area contributed by atoms with E-state index in [-0.39, 0.29) is 0 Å². The van der Waals surface area contributed by atoms with Crippen LogP contribution in [0.1, 0.15) is 6.92 Å². The molecule has 0 saturated carbocycles. The van der Waals surface area contributed by atoms with E-state index in [0.717, 1.165) is 6.08 Å². The van der Waals surface area contributed by atoms with Gasteiger partial charge < -0.3 is 9.66 Å². The standard InChI is InChI=1S/C4H8O4S/c1-4(5)2-3-9(6,7)8/h2-5H,1H3,(H,6,7,8)/p-1/b3-2+. The molecule has 0 rings (SSSR count). The molecule has 5 heteroatoms. The van der Waals surface area contributed by atoms with E-state index in [1.165, 1.54) is 6.92 Å². The maximum atomic E-state index is 9.78. The quantitative estimate of drug-likeness (QED) is 0.536. The van der Waals surface area contributed by atoms with Crippen LogP contribution < -0.4 is 0 Å². The Morgan fingerprint density at radius 2 is 2.11 bits per heavy atom. The average molecular weight is 151 g/mol. The van der Waals surface area contributed by atoms with Gasteiger partial charge in [-0.15, -0.1) is 0 Å². The van der Waals surface area contributed by atoms with Crippen molar-refractivity contribution in [3.63, 3.8) is 0 Å². The Morgan fingerprint density at radius 1 is 1.67 bits per heavy atom. The molecule has 1 N–H and O–H groups in total. The molecule has 0 aliphatic rings. The van der Waals surface area contributed by atoms with Gasteiger partial charge in [-0.2, -0.15) is 0 Å². The fourth-order valence-corrected chi connectivity index (χ4v) is 0.630. The number of rotatable bonds is 2. The molecule has 9 heavy (non-hydrogen) atoms. The minimum atomic E-state index is -4.31. The van der Waals surface area contributed by atoms with Gasteiger partial charge in [0.1, 0.15) is 10.1 Å². The Balaban J connectivity index is 4.03. The van der Waals surface area contributed by atoms with Gasteiger partial charge in [0.2, 0.25) is 0 Å². The van der Waals surface area contributed by atoms with Crippen LogP contribution in [0.25, 0.3) is 0 Å². The second-order valence-electron chi connectivity index (χ2n) is 1.56. The third-order valence-corrected chi connectivity index (χ3v) is 1.01. The van der Waals surface area contributed by atoms with Gasteiger partial charge in [0.15, 0.2) is 0 Å². The molecule has 0 aromatic carbocycles. The molecule has 0 aromatic rings. The molecular formula is C4H7O4S-. The molecule has 1 atom stereocenters. The van der Waals surface area contributed by atoms with Crippen molar-refractivity contribution in [1.29, 1.82) is 0 Å². The fourth-order valence-electron chi connectivity index (χ4n) is 0.210. The molecule has 0 aromatic heterocycles. The highest BCUT2D eigenvalue weighted by atomic mass is 32.2. The summed E-state index contributed by atoms with van der Waals surface area (Å²) in [5, 5.41) is 8.85. The first-order valence-electron chi connectivity index (χ1n) is 2.24. The maximum absolute atomic E-state index is 9.78. The van der Waals surface area contributed by atoms with Crippen molar-refractivity contribution in [2.45, 2.75) is 13.0 Å². The SMILES string of the molecule is CC(O)/C=C/S(=O)(=O)[O-]. The lowest BCUT2D eigenvalue weighted by molar-refractivity contribution is 0.244. The third kappa shape index (κ3) is 7.61. The molecule has 0 amide bonds. The van der Waals surface area contributed by atoms with Crippen LogP contribution in [0.2, 0.25) is 0 Å². The lowest BCUT2D eigenvalue weighted by atomic mass is 10.4. The number of aliphatic hydroxyl groups excluding tert-OH is 1. The summed E-state index contributed by atoms with van der Waals surface area (Å²) in [6, 6.07) is 0. The summed E-state index contributed by atoms with van der Waals surface area (Å²) < 4.78 is 29.3. The Labute approximate surface area is 53.6 Å². The topological polar surface area (TPSA) is 77.4 Å². The maximum Gasteiger partial charge on any atom is 0.117 e. The van der Waals surface area contributed by atoms with Gasteiger partial charge in [0, 0.05) is 5.41 Å². The Bertz CT molecular complexity index is 189. The zero-order chi connectivity index (χ0) is 7.49. The van der Waals surface area contributed by atoms with Gasteiger partial charge in [-0.25, -0.2) is 8.42 Å². The summed E-state index contributed by atoms with van der Waals surface area (Å²) in [6.45, 7) is 1.35. The van der Waals surface area contributed by atoms with Crippen LogP contribution in [0, 0.1) is 0 Å². The lowest BCUT2D eigenvalue weighted by Gasteiger charge is -1.98. The van der Waals surface area contributed by atoms with Crippen molar-refractivity contribution in [2.24, 2.45) is 0 Å². The average Bonchev–Trinajstić information content (AvgIpc) is 1.59. The first-order valence-corrected chi connectivity index (χ1v) is 3.71. The smallest absolute Gasteiger partial charge is 0.117 e. The molecule has 0 radical (unpaired) electrons. The van der Waals surface area contributed by atoms with E-state index in [2.05, 4.69) is 0 Å². The van der Waals surface area contributed by atoms with E-state index in [4.69, 9.17) is 5.11 Å². The predicted octanol–water partition coefficient (Wildman–Crippen LogP) is -0.574. The van der Waals surface area contributed by atoms with Crippen LogP contribution in [0.4, 0.5) is 0 Å². The zero-order valence-corrected chi connectivity index (χ0v) is 5.63. The van der Waals surface area contributed by atoms with Crippen LogP contribution in [0.15, 0.2) is 11.5 Å². The van der Waals surface area contributed by atoms with E-state index >= 15 is 0 Å². The van der Waals surface area contributed by atoms with Crippen LogP contribution >= 0.6 is 0 Å². The Kier molecular flexibility index (Phi) is 2.83. The molecule has 4 nitrogen and oxygen atoms in total. The predicted molar refractivity (Wildman–Crippen MR) is 30.5 cm³/mol. The summed E-state index contributed by atoms with van der Waals surface area (Å²) in [6.07, 6.45) is 0.0104. The van der Waals surface area contributed by atoms with Crippen molar-refractivity contribution in [2.75, 3.05) is 0 Å². The van der Waals surface area contributed by atoms with Crippen LogP contribution in [0.3, 0.4) is 0 Å². The van der Waals surface area contributed by atoms with Crippen molar-refractivity contribution in [1.82, 2.24) is 0 Å². The highest BCUT2D eigenvalue weighted by Crippen LogP contribution is 1.87. The molecule has 1 unspecified atom stereocenters. The largest absolute Gasteiger partial charge is 0.744 e. The molecule has 0 fully saturated rings. The molecule has 0 saturated heterocycles. The number of hydrogen-bond acceptors (Lipinski definition) is 4. The van der Waals surface area contributed by atoms with E-state index < -0.39 is 16.2 Å². The second-order valence-corrected chi connectivity index (χ2v) is 2.82. The van der Waals surface area contributed by atoms with E-state index in [0.29, 0.717) is 5.41 Å². The summed E-state index contributed by atoms with van der Waals surface area (Å²) >= 11 is 0. The van der Waals surface area contributed by atoms with E-state index in [1.54, 1.807) is 0 Å². The van der Waals surface area contributed by atoms with Gasteiger partial charge in [-0.1, -0.05) is 0 Å². The first kappa shape index (κ1) is 8.61. The molecule has 0 heterocycles. The highest BCUT2D eigenvalue weighted by molar-refractivity contribution is 7.88. The van der Waals surface area contributed by atoms with Crippen molar-refractivity contribution < 1.29 is 18.1 Å². The van der Waals surface area contributed by atoms with Crippen molar-refractivity contribution in [3.05, 3.63) is 11.5 Å². The van der Waals surface area contributed by atoms with Gasteiger partial charge in [-0.05, 0) is 13.0 Å². The fraction of sp³-hybridized carbons (Fsp3) is 0.500. The Morgan fingerprint density at radius 3 is 2.22 bits per heavy atom. The van der Waals surface area contributed by atoms with Gasteiger partial charge in [0.25, 0.3) is 0 Å². The monoisotopic (exact) mass is 151 g/mol. The minimum Gasteiger partial charge on any atom is -0.744 e. The van der Waals surface area contributed by atoms with E-state index in [1.807, 2.05) is 0 Å². The summed E-state index contributed by atoms with van der Waals surface area (Å²) in [5.74, 6) is 0. The van der Waals surface area contributed by atoms with Crippen molar-refractivity contribution in [3.8, 4) is 0 Å². The van der Waals surface area contributed by atoms with Gasteiger partial charge in [0.05, 0.1) is 6.10 Å².